The van der Waals surface area contributed by atoms with Crippen molar-refractivity contribution in [2.24, 2.45) is 5.92 Å². The summed E-state index contributed by atoms with van der Waals surface area (Å²) in [5, 5.41) is 15.6. The molecular formula is C13H14N8. The molecule has 0 atom stereocenters. The summed E-state index contributed by atoms with van der Waals surface area (Å²) in [6.45, 7) is 2.87. The van der Waals surface area contributed by atoms with Crippen molar-refractivity contribution in [3.05, 3.63) is 37.1 Å². The third-order valence-electron chi connectivity index (χ3n) is 3.58. The summed E-state index contributed by atoms with van der Waals surface area (Å²) in [5.41, 5.74) is 0.765. The predicted molar refractivity (Wildman–Crippen MR) is 77.0 cm³/mol. The number of anilines is 2. The molecular weight excluding hydrogens is 268 g/mol. The number of hydrogen-bond acceptors (Lipinski definition) is 7. The van der Waals surface area contributed by atoms with Gasteiger partial charge in [-0.05, 0) is 18.2 Å². The quantitative estimate of drug-likeness (QED) is 0.744. The van der Waals surface area contributed by atoms with Crippen LogP contribution in [0.1, 0.15) is 0 Å². The Morgan fingerprint density at radius 1 is 1.24 bits per heavy atom. The van der Waals surface area contributed by atoms with Crippen LogP contribution in [0.15, 0.2) is 37.1 Å². The highest BCUT2D eigenvalue weighted by Crippen LogP contribution is 2.22. The summed E-state index contributed by atoms with van der Waals surface area (Å²) in [6.07, 6.45) is 4.90. The van der Waals surface area contributed by atoms with Crippen LogP contribution >= 0.6 is 0 Å². The normalized spacial score (nSPS) is 15.1. The van der Waals surface area contributed by atoms with E-state index in [4.69, 9.17) is 0 Å². The van der Waals surface area contributed by atoms with Gasteiger partial charge < -0.3 is 10.2 Å². The van der Waals surface area contributed by atoms with E-state index in [1.807, 2.05) is 18.2 Å². The highest BCUT2D eigenvalue weighted by atomic mass is 15.4. The Morgan fingerprint density at radius 3 is 3.05 bits per heavy atom. The molecule has 0 aliphatic carbocycles. The molecule has 8 heteroatoms. The standard InChI is InChI=1S/C13H14N8/c1-2-13(19-21-9-17-18-12(1)21)20-6-10(7-20)5-15-11-3-4-14-8-16-11/h1-4,8-10H,5-7H2,(H,14,15,16). The second kappa shape index (κ2) is 4.97. The molecule has 0 bridgehead atoms. The largest absolute Gasteiger partial charge is 0.370 e. The molecule has 106 valence electrons. The number of aromatic nitrogens is 6. The van der Waals surface area contributed by atoms with Crippen LogP contribution in [-0.2, 0) is 0 Å². The molecule has 4 rings (SSSR count). The summed E-state index contributed by atoms with van der Waals surface area (Å²) >= 11 is 0. The molecule has 0 radical (unpaired) electrons. The van der Waals surface area contributed by atoms with Gasteiger partial charge in [-0.15, -0.1) is 15.3 Å². The van der Waals surface area contributed by atoms with E-state index in [1.165, 1.54) is 0 Å². The maximum absolute atomic E-state index is 4.49. The van der Waals surface area contributed by atoms with Crippen molar-refractivity contribution < 1.29 is 0 Å². The summed E-state index contributed by atoms with van der Waals surface area (Å²) in [6, 6.07) is 5.79. The Kier molecular flexibility index (Phi) is 2.84. The summed E-state index contributed by atoms with van der Waals surface area (Å²) in [5.74, 6) is 2.42. The zero-order chi connectivity index (χ0) is 14.1. The third kappa shape index (κ3) is 2.35. The van der Waals surface area contributed by atoms with Crippen molar-refractivity contribution in [2.45, 2.75) is 0 Å². The van der Waals surface area contributed by atoms with Crippen molar-refractivity contribution in [2.75, 3.05) is 29.9 Å². The topological polar surface area (TPSA) is 84.1 Å². The molecule has 0 unspecified atom stereocenters. The fourth-order valence-electron chi connectivity index (χ4n) is 2.42. The Balaban J connectivity index is 1.34. The lowest BCUT2D eigenvalue weighted by atomic mass is 10.0. The first kappa shape index (κ1) is 12.0. The van der Waals surface area contributed by atoms with Crippen molar-refractivity contribution in [1.29, 1.82) is 0 Å². The van der Waals surface area contributed by atoms with E-state index < -0.39 is 0 Å². The first-order valence-electron chi connectivity index (χ1n) is 6.80. The molecule has 4 heterocycles. The second-order valence-corrected chi connectivity index (χ2v) is 5.07. The van der Waals surface area contributed by atoms with Gasteiger partial charge in [-0.2, -0.15) is 4.52 Å². The zero-order valence-electron chi connectivity index (χ0n) is 11.3. The molecule has 1 fully saturated rings. The average Bonchev–Trinajstić information content (AvgIpc) is 2.94. The van der Waals surface area contributed by atoms with Crippen LogP contribution < -0.4 is 10.2 Å². The lowest BCUT2D eigenvalue weighted by Gasteiger charge is -2.40. The highest BCUT2D eigenvalue weighted by molar-refractivity contribution is 5.47. The summed E-state index contributed by atoms with van der Waals surface area (Å²) < 4.78 is 1.70. The molecule has 3 aromatic heterocycles. The maximum atomic E-state index is 4.49. The molecule has 21 heavy (non-hydrogen) atoms. The molecule has 0 spiro atoms. The van der Waals surface area contributed by atoms with Crippen LogP contribution in [0.25, 0.3) is 5.65 Å². The van der Waals surface area contributed by atoms with Crippen LogP contribution in [0.2, 0.25) is 0 Å². The van der Waals surface area contributed by atoms with Gasteiger partial charge in [0.05, 0.1) is 0 Å². The lowest BCUT2D eigenvalue weighted by Crippen LogP contribution is -2.50. The zero-order valence-corrected chi connectivity index (χ0v) is 11.3. The molecule has 0 aromatic carbocycles. The van der Waals surface area contributed by atoms with Crippen molar-refractivity contribution in [3.63, 3.8) is 0 Å². The lowest BCUT2D eigenvalue weighted by molar-refractivity contribution is 0.424. The van der Waals surface area contributed by atoms with E-state index in [0.29, 0.717) is 5.92 Å². The SMILES string of the molecule is c1cc(NCC2CN(c3ccc4nncn4n3)C2)ncn1. The molecule has 1 saturated heterocycles. The molecule has 0 saturated carbocycles. The van der Waals surface area contributed by atoms with Gasteiger partial charge in [-0.1, -0.05) is 0 Å². The number of rotatable bonds is 4. The average molecular weight is 282 g/mol. The minimum atomic E-state index is 0.596. The molecule has 1 aliphatic rings. The van der Waals surface area contributed by atoms with E-state index >= 15 is 0 Å². The van der Waals surface area contributed by atoms with Gasteiger partial charge >= 0.3 is 0 Å². The van der Waals surface area contributed by atoms with E-state index in [0.717, 1.165) is 36.9 Å². The van der Waals surface area contributed by atoms with Crippen LogP contribution in [0.4, 0.5) is 11.6 Å². The number of fused-ring (bicyclic) bond motifs is 1. The monoisotopic (exact) mass is 282 g/mol. The Bertz CT molecular complexity index is 734. The van der Waals surface area contributed by atoms with Gasteiger partial charge in [-0.3, -0.25) is 0 Å². The highest BCUT2D eigenvalue weighted by Gasteiger charge is 2.27. The summed E-state index contributed by atoms with van der Waals surface area (Å²) in [4.78, 5) is 10.3. The molecule has 0 amide bonds. The van der Waals surface area contributed by atoms with Gasteiger partial charge in [0, 0.05) is 31.7 Å². The Labute approximate surface area is 120 Å². The van der Waals surface area contributed by atoms with Gasteiger partial charge in [0.2, 0.25) is 0 Å². The Hall–Kier alpha value is -2.77. The number of nitrogens with one attached hydrogen (secondary N) is 1. The van der Waals surface area contributed by atoms with Gasteiger partial charge in [-0.25, -0.2) is 9.97 Å². The fourth-order valence-corrected chi connectivity index (χ4v) is 2.42. The van der Waals surface area contributed by atoms with Crippen molar-refractivity contribution >= 4 is 17.3 Å². The fraction of sp³-hybridized carbons (Fsp3) is 0.308. The van der Waals surface area contributed by atoms with Crippen LogP contribution in [0.5, 0.6) is 0 Å². The first-order chi connectivity index (χ1) is 10.4. The van der Waals surface area contributed by atoms with E-state index in [1.54, 1.807) is 23.4 Å². The van der Waals surface area contributed by atoms with Crippen molar-refractivity contribution in [1.82, 2.24) is 29.8 Å². The smallest absolute Gasteiger partial charge is 0.177 e. The number of hydrogen-bond donors (Lipinski definition) is 1. The summed E-state index contributed by atoms with van der Waals surface area (Å²) in [7, 11) is 0. The number of nitrogens with zero attached hydrogens (tertiary/aromatic N) is 7. The van der Waals surface area contributed by atoms with Gasteiger partial charge in [0.25, 0.3) is 0 Å². The Morgan fingerprint density at radius 2 is 2.19 bits per heavy atom. The maximum Gasteiger partial charge on any atom is 0.177 e. The van der Waals surface area contributed by atoms with Gasteiger partial charge in [0.1, 0.15) is 24.3 Å². The molecule has 1 aliphatic heterocycles. The van der Waals surface area contributed by atoms with Crippen LogP contribution in [0, 0.1) is 5.92 Å². The minimum Gasteiger partial charge on any atom is -0.370 e. The van der Waals surface area contributed by atoms with Crippen LogP contribution in [-0.4, -0.2) is 49.4 Å². The van der Waals surface area contributed by atoms with E-state index in [-0.39, 0.29) is 0 Å². The first-order valence-corrected chi connectivity index (χ1v) is 6.80. The van der Waals surface area contributed by atoms with Gasteiger partial charge in [0.15, 0.2) is 5.65 Å². The predicted octanol–water partition coefficient (Wildman–Crippen LogP) is 0.463. The molecule has 8 nitrogen and oxygen atoms in total. The minimum absolute atomic E-state index is 0.596. The van der Waals surface area contributed by atoms with E-state index in [2.05, 4.69) is 35.5 Å². The molecule has 1 N–H and O–H groups in total. The third-order valence-corrected chi connectivity index (χ3v) is 3.58. The molecule has 3 aromatic rings. The van der Waals surface area contributed by atoms with Crippen LogP contribution in [0.3, 0.4) is 0 Å². The van der Waals surface area contributed by atoms with Crippen molar-refractivity contribution in [3.8, 4) is 0 Å². The second-order valence-electron chi connectivity index (χ2n) is 5.07. The van der Waals surface area contributed by atoms with E-state index in [9.17, 15) is 0 Å².